The second kappa shape index (κ2) is 8.16. The van der Waals surface area contributed by atoms with Gasteiger partial charge in [0.2, 0.25) is 0 Å². The third kappa shape index (κ3) is 4.05. The van der Waals surface area contributed by atoms with Crippen molar-refractivity contribution in [2.75, 3.05) is 0 Å². The van der Waals surface area contributed by atoms with Gasteiger partial charge in [-0.1, -0.05) is 48.5 Å². The minimum atomic E-state index is 0.803. The van der Waals surface area contributed by atoms with Crippen molar-refractivity contribution in [2.24, 2.45) is 0 Å². The maximum atomic E-state index is 5.87. The van der Waals surface area contributed by atoms with E-state index in [2.05, 4.69) is 66.4 Å². The highest BCUT2D eigenvalue weighted by Gasteiger charge is 2.05. The van der Waals surface area contributed by atoms with Crippen LogP contribution >= 0.6 is 0 Å². The molecule has 2 aliphatic carbocycles. The Balaban J connectivity index is 1.32. The molecule has 0 N–H and O–H groups in total. The number of ether oxygens (including phenoxy) is 2. The maximum absolute atomic E-state index is 5.87. The Labute approximate surface area is 176 Å². The molecule has 0 radical (unpaired) electrons. The number of hydrogen-bond acceptors (Lipinski definition) is 2. The Morgan fingerprint density at radius 3 is 1.83 bits per heavy atom. The largest absolute Gasteiger partial charge is 0.458 e. The monoisotopic (exact) mass is 388 g/mol. The van der Waals surface area contributed by atoms with E-state index in [1.807, 2.05) is 48.6 Å². The summed E-state index contributed by atoms with van der Waals surface area (Å²) in [5.74, 6) is 3.38. The van der Waals surface area contributed by atoms with Crippen LogP contribution in [0, 0.1) is 0 Å². The van der Waals surface area contributed by atoms with Crippen LogP contribution in [0.3, 0.4) is 0 Å². The van der Waals surface area contributed by atoms with Gasteiger partial charge in [0.25, 0.3) is 0 Å². The molecule has 0 unspecified atom stereocenters. The minimum absolute atomic E-state index is 0.803. The molecule has 0 aliphatic heterocycles. The number of hydrogen-bond donors (Lipinski definition) is 0. The molecule has 2 heteroatoms. The van der Waals surface area contributed by atoms with Gasteiger partial charge in [0.15, 0.2) is 0 Å². The first-order chi connectivity index (χ1) is 14.8. The van der Waals surface area contributed by atoms with Gasteiger partial charge >= 0.3 is 0 Å². The zero-order valence-corrected chi connectivity index (χ0v) is 16.4. The Kier molecular flexibility index (Phi) is 4.91. The molecule has 0 aromatic heterocycles. The van der Waals surface area contributed by atoms with E-state index in [-0.39, 0.29) is 0 Å². The minimum Gasteiger partial charge on any atom is -0.458 e. The van der Waals surface area contributed by atoms with Crippen LogP contribution in [-0.2, 0) is 0 Å². The first kappa shape index (κ1) is 18.1. The average molecular weight is 388 g/mol. The summed E-state index contributed by atoms with van der Waals surface area (Å²) in [5, 5.41) is 0. The van der Waals surface area contributed by atoms with E-state index in [9.17, 15) is 0 Å². The maximum Gasteiger partial charge on any atom is 0.135 e. The third-order valence-electron chi connectivity index (χ3n) is 5.02. The van der Waals surface area contributed by atoms with Crippen LogP contribution in [0.1, 0.15) is 6.42 Å². The van der Waals surface area contributed by atoms with Crippen molar-refractivity contribution in [3.05, 3.63) is 127 Å². The van der Waals surface area contributed by atoms with Gasteiger partial charge in [-0.2, -0.15) is 0 Å². The Morgan fingerprint density at radius 1 is 0.667 bits per heavy atom. The lowest BCUT2D eigenvalue weighted by atomic mass is 9.99. The summed E-state index contributed by atoms with van der Waals surface area (Å²) < 4.78 is 11.7. The second-order valence-corrected chi connectivity index (χ2v) is 7.12. The zero-order chi connectivity index (χ0) is 20.2. The molecule has 2 aliphatic rings. The van der Waals surface area contributed by atoms with E-state index < -0.39 is 0 Å². The highest BCUT2D eigenvalue weighted by molar-refractivity contribution is 5.73. The van der Waals surface area contributed by atoms with E-state index in [0.717, 1.165) is 40.6 Å². The molecule has 144 valence electrons. The molecule has 0 saturated carbocycles. The van der Waals surface area contributed by atoms with Crippen molar-refractivity contribution in [3.63, 3.8) is 0 Å². The smallest absolute Gasteiger partial charge is 0.135 e. The summed E-state index contributed by atoms with van der Waals surface area (Å²) in [4.78, 5) is 0. The molecule has 0 heterocycles. The summed E-state index contributed by atoms with van der Waals surface area (Å²) in [6, 6.07) is 24.9. The highest BCUT2D eigenvalue weighted by Crippen LogP contribution is 2.29. The predicted octanol–water partition coefficient (Wildman–Crippen LogP) is 7.23. The predicted molar refractivity (Wildman–Crippen MR) is 121 cm³/mol. The first-order valence-electron chi connectivity index (χ1n) is 10.00. The number of rotatable bonds is 6. The van der Waals surface area contributed by atoms with Crippen LogP contribution in [0.5, 0.6) is 11.5 Å². The second-order valence-electron chi connectivity index (χ2n) is 7.12. The first-order valence-corrected chi connectivity index (χ1v) is 10.00. The summed E-state index contributed by atoms with van der Waals surface area (Å²) in [5.41, 5.74) is 7.64. The van der Waals surface area contributed by atoms with Gasteiger partial charge < -0.3 is 9.47 Å². The molecule has 2 nitrogen and oxygen atoms in total. The third-order valence-corrected chi connectivity index (χ3v) is 5.02. The quantitative estimate of drug-likeness (QED) is 0.415. The van der Waals surface area contributed by atoms with Crippen LogP contribution in [0.15, 0.2) is 127 Å². The highest BCUT2D eigenvalue weighted by atomic mass is 16.5. The molecule has 0 spiro atoms. The van der Waals surface area contributed by atoms with Crippen molar-refractivity contribution < 1.29 is 9.47 Å². The number of allylic oxidation sites excluding steroid dienone is 5. The fourth-order valence-electron chi connectivity index (χ4n) is 3.47. The molecular weight excluding hydrogens is 368 g/mol. The molecule has 0 bridgehead atoms. The van der Waals surface area contributed by atoms with Crippen molar-refractivity contribution >= 4 is 0 Å². The molecule has 5 rings (SSSR count). The van der Waals surface area contributed by atoms with Gasteiger partial charge in [-0.3, -0.25) is 0 Å². The molecule has 0 fully saturated rings. The van der Waals surface area contributed by atoms with Crippen LogP contribution < -0.4 is 9.47 Å². The summed E-state index contributed by atoms with van der Waals surface area (Å²) in [7, 11) is 0. The molecular formula is C28H20O2. The molecule has 3 aromatic rings. The topological polar surface area (TPSA) is 18.5 Å². The van der Waals surface area contributed by atoms with Crippen molar-refractivity contribution in [2.45, 2.75) is 6.42 Å². The van der Waals surface area contributed by atoms with E-state index in [1.54, 1.807) is 0 Å². The van der Waals surface area contributed by atoms with Gasteiger partial charge in [-0.25, -0.2) is 0 Å². The van der Waals surface area contributed by atoms with E-state index in [1.165, 1.54) is 11.1 Å². The molecule has 0 amide bonds. The molecule has 0 saturated heterocycles. The normalized spacial score (nSPS) is 14.0. The summed E-state index contributed by atoms with van der Waals surface area (Å²) >= 11 is 0. The van der Waals surface area contributed by atoms with E-state index in [4.69, 9.17) is 9.47 Å². The van der Waals surface area contributed by atoms with E-state index >= 15 is 0 Å². The Hall–Kier alpha value is -4.00. The lowest BCUT2D eigenvalue weighted by molar-refractivity contribution is 0.445. The Morgan fingerprint density at radius 2 is 1.30 bits per heavy atom. The number of benzene rings is 3. The van der Waals surface area contributed by atoms with Gasteiger partial charge in [0.1, 0.15) is 23.0 Å². The lowest BCUT2D eigenvalue weighted by Crippen LogP contribution is -1.90. The van der Waals surface area contributed by atoms with Crippen molar-refractivity contribution in [1.29, 1.82) is 0 Å². The van der Waals surface area contributed by atoms with E-state index in [0.29, 0.717) is 0 Å². The molecule has 3 aromatic carbocycles. The lowest BCUT2D eigenvalue weighted by Gasteiger charge is -2.09. The van der Waals surface area contributed by atoms with Gasteiger partial charge in [0, 0.05) is 6.08 Å². The van der Waals surface area contributed by atoms with Gasteiger partial charge in [-0.15, -0.1) is 5.73 Å². The Bertz CT molecular complexity index is 1150. The van der Waals surface area contributed by atoms with Gasteiger partial charge in [0.05, 0.1) is 0 Å². The van der Waals surface area contributed by atoms with Crippen molar-refractivity contribution in [3.8, 4) is 33.8 Å². The SMILES string of the molecule is C1=CC=C(Oc2ccc(-c3cccc(-c4ccc(OC5=CCC=C5)cc4)c3)cc2)C=1. The standard InChI is InChI=1S/C28H20O2/c1-2-9-25(8-1)29-27-16-12-21(13-17-27)23-6-5-7-24(20-23)22-14-18-28(19-15-22)30-26-10-3-4-11-26/h1,3,5-20H,2H2. The fraction of sp³-hybridized carbons (Fsp3) is 0.0357. The van der Waals surface area contributed by atoms with Gasteiger partial charge in [-0.05, 0) is 83.3 Å². The van der Waals surface area contributed by atoms with Crippen LogP contribution in [0.25, 0.3) is 22.3 Å². The van der Waals surface area contributed by atoms with Crippen LogP contribution in [0.2, 0.25) is 0 Å². The summed E-state index contributed by atoms with van der Waals surface area (Å²) in [6.45, 7) is 0. The van der Waals surface area contributed by atoms with Crippen molar-refractivity contribution in [1.82, 2.24) is 0 Å². The fourth-order valence-corrected chi connectivity index (χ4v) is 3.47. The zero-order valence-electron chi connectivity index (χ0n) is 16.4. The molecule has 0 atom stereocenters. The summed E-state index contributed by atoms with van der Waals surface area (Å²) in [6.07, 6.45) is 12.7. The molecule has 30 heavy (non-hydrogen) atoms. The van der Waals surface area contributed by atoms with Crippen LogP contribution in [-0.4, -0.2) is 0 Å². The average Bonchev–Trinajstić information content (AvgIpc) is 3.50. The van der Waals surface area contributed by atoms with Crippen LogP contribution in [0.4, 0.5) is 0 Å².